The number of thiophene rings is 2. The predicted octanol–water partition coefficient (Wildman–Crippen LogP) is 8.03. The van der Waals surface area contributed by atoms with Gasteiger partial charge in [-0.2, -0.15) is 8.75 Å². The topological polar surface area (TPSA) is 25.8 Å². The number of hydrogen-bond acceptors (Lipinski definition) is 5. The van der Waals surface area contributed by atoms with Crippen LogP contribution in [0.1, 0.15) is 38.2 Å². The molecule has 134 valence electrons. The molecule has 0 N–H and O–H groups in total. The van der Waals surface area contributed by atoms with Crippen LogP contribution in [0.15, 0.2) is 39.5 Å². The Morgan fingerprint density at radius 1 is 0.962 bits per heavy atom. The number of rotatable bonds is 7. The molecule has 0 aliphatic carbocycles. The summed E-state index contributed by atoms with van der Waals surface area (Å²) in [6.45, 7) is 2.26. The van der Waals surface area contributed by atoms with Crippen molar-refractivity contribution in [2.45, 2.75) is 39.0 Å². The van der Waals surface area contributed by atoms with Gasteiger partial charge in [0.25, 0.3) is 0 Å². The summed E-state index contributed by atoms with van der Waals surface area (Å²) in [5, 5.41) is 2.11. The van der Waals surface area contributed by atoms with Crippen LogP contribution in [0.4, 0.5) is 0 Å². The Hall–Kier alpha value is -1.08. The molecule has 0 saturated heterocycles. The Kier molecular flexibility index (Phi) is 5.84. The first-order chi connectivity index (χ1) is 12.8. The monoisotopic (exact) mass is 462 g/mol. The summed E-state index contributed by atoms with van der Waals surface area (Å²) in [6, 6.07) is 11.0. The van der Waals surface area contributed by atoms with Crippen LogP contribution in [0.2, 0.25) is 0 Å². The summed E-state index contributed by atoms with van der Waals surface area (Å²) in [5.41, 5.74) is 5.83. The number of fused-ring (bicyclic) bond motifs is 1. The van der Waals surface area contributed by atoms with Gasteiger partial charge in [0, 0.05) is 20.9 Å². The molecule has 0 spiro atoms. The van der Waals surface area contributed by atoms with Crippen LogP contribution >= 0.6 is 50.3 Å². The van der Waals surface area contributed by atoms with Crippen LogP contribution in [0, 0.1) is 0 Å². The van der Waals surface area contributed by atoms with Crippen LogP contribution in [0.5, 0.6) is 0 Å². The normalized spacial score (nSPS) is 11.5. The van der Waals surface area contributed by atoms with Gasteiger partial charge in [-0.25, -0.2) is 0 Å². The summed E-state index contributed by atoms with van der Waals surface area (Å²) >= 11 is 8.63. The number of halogens is 1. The van der Waals surface area contributed by atoms with Crippen LogP contribution < -0.4 is 0 Å². The second kappa shape index (κ2) is 8.30. The lowest BCUT2D eigenvalue weighted by atomic mass is 10.0. The third-order valence-electron chi connectivity index (χ3n) is 4.52. The lowest BCUT2D eigenvalue weighted by Gasteiger charge is -2.03. The minimum atomic E-state index is 1.02. The largest absolute Gasteiger partial charge is 0.172 e. The lowest BCUT2D eigenvalue weighted by molar-refractivity contribution is 0.667. The fourth-order valence-corrected chi connectivity index (χ4v) is 6.27. The molecule has 0 bridgehead atoms. The average molecular weight is 463 g/mol. The van der Waals surface area contributed by atoms with E-state index < -0.39 is 0 Å². The SMILES string of the molecule is CCCCCCc1cc(-c2ccc(-c3cccs3)c3nsnc23)sc1Br. The van der Waals surface area contributed by atoms with Crippen molar-refractivity contribution in [2.75, 3.05) is 0 Å². The fourth-order valence-electron chi connectivity index (χ4n) is 3.15. The van der Waals surface area contributed by atoms with Crippen molar-refractivity contribution in [1.82, 2.24) is 8.75 Å². The van der Waals surface area contributed by atoms with Crippen LogP contribution in [-0.2, 0) is 6.42 Å². The molecule has 6 heteroatoms. The van der Waals surface area contributed by atoms with Crippen molar-refractivity contribution in [2.24, 2.45) is 0 Å². The molecule has 4 rings (SSSR count). The molecule has 1 aromatic carbocycles. The maximum Gasteiger partial charge on any atom is 0.114 e. The van der Waals surface area contributed by atoms with Crippen molar-refractivity contribution >= 4 is 61.4 Å². The van der Waals surface area contributed by atoms with Crippen LogP contribution in [0.3, 0.4) is 0 Å². The third-order valence-corrected chi connectivity index (χ3v) is 7.95. The molecule has 0 atom stereocenters. The van der Waals surface area contributed by atoms with Crippen LogP contribution in [0.25, 0.3) is 31.9 Å². The van der Waals surface area contributed by atoms with Gasteiger partial charge in [-0.1, -0.05) is 44.4 Å². The van der Waals surface area contributed by atoms with Gasteiger partial charge in [-0.05, 0) is 51.8 Å². The van der Waals surface area contributed by atoms with Gasteiger partial charge in [0.15, 0.2) is 0 Å². The minimum Gasteiger partial charge on any atom is -0.172 e. The van der Waals surface area contributed by atoms with Gasteiger partial charge in [-0.15, -0.1) is 22.7 Å². The first-order valence-electron chi connectivity index (χ1n) is 8.85. The highest BCUT2D eigenvalue weighted by atomic mass is 79.9. The molecule has 0 unspecified atom stereocenters. The van der Waals surface area contributed by atoms with E-state index in [1.54, 1.807) is 11.3 Å². The molecule has 0 saturated carbocycles. The second-order valence-electron chi connectivity index (χ2n) is 6.32. The van der Waals surface area contributed by atoms with E-state index in [0.717, 1.165) is 17.5 Å². The van der Waals surface area contributed by atoms with Gasteiger partial charge in [0.1, 0.15) is 11.0 Å². The Bertz CT molecular complexity index is 1000. The third kappa shape index (κ3) is 3.65. The van der Waals surface area contributed by atoms with Crippen molar-refractivity contribution < 1.29 is 0 Å². The molecule has 26 heavy (non-hydrogen) atoms. The van der Waals surface area contributed by atoms with Gasteiger partial charge >= 0.3 is 0 Å². The van der Waals surface area contributed by atoms with E-state index in [1.165, 1.54) is 67.6 Å². The smallest absolute Gasteiger partial charge is 0.114 e. The number of aromatic nitrogens is 2. The first-order valence-corrected chi connectivity index (χ1v) is 12.1. The number of hydrogen-bond donors (Lipinski definition) is 0. The van der Waals surface area contributed by atoms with E-state index >= 15 is 0 Å². The lowest BCUT2D eigenvalue weighted by Crippen LogP contribution is -1.84. The zero-order valence-electron chi connectivity index (χ0n) is 14.5. The number of benzene rings is 1. The molecule has 4 aromatic rings. The number of nitrogens with zero attached hydrogens (tertiary/aromatic N) is 2. The molecular formula is C20H19BrN2S3. The highest BCUT2D eigenvalue weighted by molar-refractivity contribution is 9.11. The van der Waals surface area contributed by atoms with Crippen molar-refractivity contribution in [3.8, 4) is 20.9 Å². The number of unbranched alkanes of at least 4 members (excludes halogenated alkanes) is 3. The molecule has 0 aliphatic rings. The predicted molar refractivity (Wildman–Crippen MR) is 120 cm³/mol. The molecular weight excluding hydrogens is 444 g/mol. The summed E-state index contributed by atoms with van der Waals surface area (Å²) in [7, 11) is 0. The second-order valence-corrected chi connectivity index (χ2v) is 10.2. The van der Waals surface area contributed by atoms with E-state index in [1.807, 2.05) is 11.3 Å². The van der Waals surface area contributed by atoms with E-state index in [9.17, 15) is 0 Å². The van der Waals surface area contributed by atoms with Gasteiger partial charge in [-0.3, -0.25) is 0 Å². The summed E-state index contributed by atoms with van der Waals surface area (Å²) < 4.78 is 10.5. The summed E-state index contributed by atoms with van der Waals surface area (Å²) in [5.74, 6) is 0. The molecule has 0 fully saturated rings. The molecule has 0 amide bonds. The Morgan fingerprint density at radius 2 is 1.73 bits per heavy atom. The highest BCUT2D eigenvalue weighted by Gasteiger charge is 2.16. The highest BCUT2D eigenvalue weighted by Crippen LogP contribution is 2.41. The minimum absolute atomic E-state index is 1.02. The van der Waals surface area contributed by atoms with E-state index in [-0.39, 0.29) is 0 Å². The maximum absolute atomic E-state index is 4.62. The maximum atomic E-state index is 4.62. The summed E-state index contributed by atoms with van der Waals surface area (Å²) in [4.78, 5) is 2.52. The molecule has 3 heterocycles. The Balaban J connectivity index is 1.68. The molecule has 2 nitrogen and oxygen atoms in total. The van der Waals surface area contributed by atoms with Crippen molar-refractivity contribution in [3.63, 3.8) is 0 Å². The molecule has 0 aliphatic heterocycles. The molecule has 3 aromatic heterocycles. The first kappa shape index (κ1) is 18.3. The average Bonchev–Trinajstić information content (AvgIpc) is 3.39. The van der Waals surface area contributed by atoms with Gasteiger partial charge in [0.2, 0.25) is 0 Å². The molecule has 0 radical (unpaired) electrons. The van der Waals surface area contributed by atoms with Crippen molar-refractivity contribution in [3.05, 3.63) is 45.1 Å². The van der Waals surface area contributed by atoms with Gasteiger partial charge in [0.05, 0.1) is 15.5 Å². The Morgan fingerprint density at radius 3 is 2.42 bits per heavy atom. The van der Waals surface area contributed by atoms with E-state index in [0.29, 0.717) is 0 Å². The quantitative estimate of drug-likeness (QED) is 0.259. The Labute approximate surface area is 174 Å². The number of aryl methyl sites for hydroxylation is 1. The van der Waals surface area contributed by atoms with Crippen LogP contribution in [-0.4, -0.2) is 8.75 Å². The zero-order chi connectivity index (χ0) is 17.9. The summed E-state index contributed by atoms with van der Waals surface area (Å²) in [6.07, 6.45) is 6.31. The zero-order valence-corrected chi connectivity index (χ0v) is 18.5. The van der Waals surface area contributed by atoms with Crippen molar-refractivity contribution in [1.29, 1.82) is 0 Å². The fraction of sp³-hybridized carbons (Fsp3) is 0.300. The van der Waals surface area contributed by atoms with Gasteiger partial charge < -0.3 is 0 Å². The van der Waals surface area contributed by atoms with E-state index in [4.69, 9.17) is 0 Å². The standard InChI is InChI=1S/C20H19BrN2S3/c1-2-3-4-5-7-13-12-17(25-20(13)21)15-10-9-14(16-8-6-11-24-16)18-19(15)23-26-22-18/h6,8-12H,2-5,7H2,1H3. The van der Waals surface area contributed by atoms with E-state index in [2.05, 4.69) is 67.3 Å².